The molecule has 0 aliphatic heterocycles. The summed E-state index contributed by atoms with van der Waals surface area (Å²) in [5.41, 5.74) is 1.17. The lowest BCUT2D eigenvalue weighted by molar-refractivity contribution is -0.384. The lowest BCUT2D eigenvalue weighted by atomic mass is 10.2. The van der Waals surface area contributed by atoms with Crippen LogP contribution in [0, 0.1) is 10.1 Å². The van der Waals surface area contributed by atoms with Crippen molar-refractivity contribution in [2.75, 3.05) is 0 Å². The van der Waals surface area contributed by atoms with Gasteiger partial charge in [-0.3, -0.25) is 10.1 Å². The van der Waals surface area contributed by atoms with Gasteiger partial charge in [0, 0.05) is 30.3 Å². The number of hydrogen-bond donors (Lipinski definition) is 0. The van der Waals surface area contributed by atoms with Crippen molar-refractivity contribution in [3.63, 3.8) is 0 Å². The van der Waals surface area contributed by atoms with Crippen LogP contribution in [-0.4, -0.2) is 19.7 Å². The number of thioether (sulfide) groups is 1. The van der Waals surface area contributed by atoms with Crippen LogP contribution in [0.2, 0.25) is 0 Å². The van der Waals surface area contributed by atoms with Crippen molar-refractivity contribution in [2.45, 2.75) is 43.1 Å². The predicted molar refractivity (Wildman–Crippen MR) is 80.3 cm³/mol. The second-order valence-corrected chi connectivity index (χ2v) is 6.01. The van der Waals surface area contributed by atoms with Gasteiger partial charge in [-0.05, 0) is 25.3 Å². The molecule has 1 heterocycles. The summed E-state index contributed by atoms with van der Waals surface area (Å²) in [4.78, 5) is 10.2. The largest absolute Gasteiger partial charge is 0.306 e. The number of nitrogens with zero attached hydrogens (tertiary/aromatic N) is 4. The maximum atomic E-state index is 10.6. The molecule has 3 rings (SSSR count). The topological polar surface area (TPSA) is 73.8 Å². The standard InChI is InChI=1S/C14H16N4O2S/c1-2-17-13(11-5-6-11)15-16-14(17)21-9-10-3-7-12(8-4-10)18(19)20/h3-4,7-8,11H,2,5-6,9H2,1H3. The van der Waals surface area contributed by atoms with Crippen molar-refractivity contribution < 1.29 is 4.92 Å². The number of nitro groups is 1. The van der Waals surface area contributed by atoms with Crippen LogP contribution in [-0.2, 0) is 12.3 Å². The van der Waals surface area contributed by atoms with E-state index in [0.29, 0.717) is 5.92 Å². The van der Waals surface area contributed by atoms with Gasteiger partial charge < -0.3 is 4.57 Å². The van der Waals surface area contributed by atoms with Crippen molar-refractivity contribution in [1.82, 2.24) is 14.8 Å². The summed E-state index contributed by atoms with van der Waals surface area (Å²) in [7, 11) is 0. The van der Waals surface area contributed by atoms with E-state index < -0.39 is 0 Å². The monoisotopic (exact) mass is 304 g/mol. The first-order chi connectivity index (χ1) is 10.2. The maximum Gasteiger partial charge on any atom is 0.269 e. The second-order valence-electron chi connectivity index (χ2n) is 5.07. The van der Waals surface area contributed by atoms with Gasteiger partial charge in [0.2, 0.25) is 0 Å². The summed E-state index contributed by atoms with van der Waals surface area (Å²) in [5.74, 6) is 2.43. The van der Waals surface area contributed by atoms with Crippen molar-refractivity contribution >= 4 is 17.4 Å². The Labute approximate surface area is 126 Å². The smallest absolute Gasteiger partial charge is 0.269 e. The van der Waals surface area contributed by atoms with Gasteiger partial charge in [0.25, 0.3) is 5.69 Å². The highest BCUT2D eigenvalue weighted by molar-refractivity contribution is 7.98. The zero-order valence-electron chi connectivity index (χ0n) is 11.7. The molecule has 1 saturated carbocycles. The van der Waals surface area contributed by atoms with Crippen molar-refractivity contribution in [3.05, 3.63) is 45.8 Å². The van der Waals surface area contributed by atoms with Crippen LogP contribution in [0.3, 0.4) is 0 Å². The van der Waals surface area contributed by atoms with Crippen LogP contribution < -0.4 is 0 Å². The molecule has 2 aromatic rings. The van der Waals surface area contributed by atoms with E-state index >= 15 is 0 Å². The first kappa shape index (κ1) is 14.1. The summed E-state index contributed by atoms with van der Waals surface area (Å²) in [6.07, 6.45) is 2.43. The van der Waals surface area contributed by atoms with Crippen LogP contribution >= 0.6 is 11.8 Å². The first-order valence-corrected chi connectivity index (χ1v) is 7.97. The molecule has 7 heteroatoms. The van der Waals surface area contributed by atoms with Crippen LogP contribution in [0.4, 0.5) is 5.69 Å². The highest BCUT2D eigenvalue weighted by Crippen LogP contribution is 2.40. The van der Waals surface area contributed by atoms with Crippen LogP contribution in [0.25, 0.3) is 0 Å². The highest BCUT2D eigenvalue weighted by Gasteiger charge is 2.29. The molecule has 0 unspecified atom stereocenters. The molecule has 1 aliphatic rings. The Morgan fingerprint density at radius 1 is 1.33 bits per heavy atom. The summed E-state index contributed by atoms with van der Waals surface area (Å²) < 4.78 is 2.17. The summed E-state index contributed by atoms with van der Waals surface area (Å²) in [5, 5.41) is 20.1. The number of benzene rings is 1. The molecule has 0 atom stereocenters. The summed E-state index contributed by atoms with van der Waals surface area (Å²) >= 11 is 1.62. The van der Waals surface area contributed by atoms with Gasteiger partial charge in [0.15, 0.2) is 5.16 Å². The molecule has 1 fully saturated rings. The number of nitro benzene ring substituents is 1. The van der Waals surface area contributed by atoms with Crippen LogP contribution in [0.1, 0.15) is 37.1 Å². The molecule has 1 aromatic heterocycles. The normalized spacial score (nSPS) is 14.3. The van der Waals surface area contributed by atoms with E-state index in [2.05, 4.69) is 21.7 Å². The Morgan fingerprint density at radius 3 is 2.62 bits per heavy atom. The number of rotatable bonds is 6. The SMILES string of the molecule is CCn1c(SCc2ccc([N+](=O)[O-])cc2)nnc1C1CC1. The molecule has 21 heavy (non-hydrogen) atoms. The van der Waals surface area contributed by atoms with Gasteiger partial charge in [-0.2, -0.15) is 0 Å². The predicted octanol–water partition coefficient (Wildman–Crippen LogP) is 3.38. The van der Waals surface area contributed by atoms with E-state index in [-0.39, 0.29) is 10.6 Å². The highest BCUT2D eigenvalue weighted by atomic mass is 32.2. The average molecular weight is 304 g/mol. The third-order valence-corrected chi connectivity index (χ3v) is 4.56. The molecule has 0 saturated heterocycles. The first-order valence-electron chi connectivity index (χ1n) is 6.98. The second kappa shape index (κ2) is 5.85. The molecule has 0 spiro atoms. The van der Waals surface area contributed by atoms with E-state index in [9.17, 15) is 10.1 Å². The Bertz CT molecular complexity index is 649. The summed E-state index contributed by atoms with van der Waals surface area (Å²) in [6, 6.07) is 6.66. The van der Waals surface area contributed by atoms with Gasteiger partial charge in [0.1, 0.15) is 5.82 Å². The molecule has 110 valence electrons. The van der Waals surface area contributed by atoms with Gasteiger partial charge in [0.05, 0.1) is 4.92 Å². The molecule has 1 aromatic carbocycles. The fourth-order valence-corrected chi connectivity index (χ4v) is 3.17. The Morgan fingerprint density at radius 2 is 2.05 bits per heavy atom. The Kier molecular flexibility index (Phi) is 3.92. The van der Waals surface area contributed by atoms with Crippen molar-refractivity contribution in [2.24, 2.45) is 0 Å². The molecule has 0 radical (unpaired) electrons. The fraction of sp³-hybridized carbons (Fsp3) is 0.429. The Balaban J connectivity index is 1.68. The molecular formula is C14H16N4O2S. The van der Waals surface area contributed by atoms with E-state index in [0.717, 1.165) is 28.8 Å². The molecule has 0 N–H and O–H groups in total. The summed E-state index contributed by atoms with van der Waals surface area (Å²) in [6.45, 7) is 2.98. The van der Waals surface area contributed by atoms with Crippen LogP contribution in [0.15, 0.2) is 29.4 Å². The molecule has 1 aliphatic carbocycles. The maximum absolute atomic E-state index is 10.6. The minimum Gasteiger partial charge on any atom is -0.306 e. The number of hydrogen-bond acceptors (Lipinski definition) is 5. The van der Waals surface area contributed by atoms with E-state index in [1.54, 1.807) is 23.9 Å². The van der Waals surface area contributed by atoms with E-state index in [1.807, 2.05) is 0 Å². The third kappa shape index (κ3) is 3.07. The van der Waals surface area contributed by atoms with Crippen LogP contribution in [0.5, 0.6) is 0 Å². The van der Waals surface area contributed by atoms with Crippen molar-refractivity contribution in [3.8, 4) is 0 Å². The zero-order valence-corrected chi connectivity index (χ0v) is 12.5. The van der Waals surface area contributed by atoms with Gasteiger partial charge in [-0.1, -0.05) is 23.9 Å². The molecule has 0 amide bonds. The lowest BCUT2D eigenvalue weighted by Gasteiger charge is -2.06. The minimum absolute atomic E-state index is 0.122. The fourth-order valence-electron chi connectivity index (χ4n) is 2.21. The quantitative estimate of drug-likeness (QED) is 0.464. The third-order valence-electron chi connectivity index (χ3n) is 3.52. The van der Waals surface area contributed by atoms with Gasteiger partial charge in [-0.25, -0.2) is 0 Å². The number of aromatic nitrogens is 3. The average Bonchev–Trinajstić information content (AvgIpc) is 3.25. The molecule has 0 bridgehead atoms. The Hall–Kier alpha value is -1.89. The van der Waals surface area contributed by atoms with Gasteiger partial charge >= 0.3 is 0 Å². The van der Waals surface area contributed by atoms with Crippen molar-refractivity contribution in [1.29, 1.82) is 0 Å². The lowest BCUT2D eigenvalue weighted by Crippen LogP contribution is -2.01. The molecule has 6 nitrogen and oxygen atoms in total. The number of non-ortho nitro benzene ring substituents is 1. The molecular weight excluding hydrogens is 288 g/mol. The van der Waals surface area contributed by atoms with E-state index in [4.69, 9.17) is 0 Å². The minimum atomic E-state index is -0.382. The van der Waals surface area contributed by atoms with E-state index in [1.165, 1.54) is 25.0 Å². The zero-order chi connectivity index (χ0) is 14.8. The van der Waals surface area contributed by atoms with Gasteiger partial charge in [-0.15, -0.1) is 10.2 Å².